The first-order valence-corrected chi connectivity index (χ1v) is 8.65. The fourth-order valence-corrected chi connectivity index (χ4v) is 2.21. The van der Waals surface area contributed by atoms with Gasteiger partial charge in [-0.1, -0.05) is 65.8 Å². The van der Waals surface area contributed by atoms with Gasteiger partial charge in [0.1, 0.15) is 5.78 Å². The number of nitrogens with one attached hydrogen (secondary N) is 1. The molecule has 1 atom stereocenters. The third-order valence-electron chi connectivity index (χ3n) is 4.05. The lowest BCUT2D eigenvalue weighted by Crippen LogP contribution is -2.37. The number of ketones is 1. The van der Waals surface area contributed by atoms with Crippen LogP contribution >= 0.6 is 0 Å². The molecule has 2 N–H and O–H groups in total. The van der Waals surface area contributed by atoms with Crippen LogP contribution in [0.5, 0.6) is 0 Å². The number of allylic oxidation sites excluding steroid dienone is 1. The van der Waals surface area contributed by atoms with Crippen LogP contribution in [-0.2, 0) is 4.79 Å². The number of carbonyl (C=O) groups excluding carboxylic acids is 3. The summed E-state index contributed by atoms with van der Waals surface area (Å²) in [6, 6.07) is 6.42. The van der Waals surface area contributed by atoms with E-state index in [1.807, 2.05) is 41.5 Å². The van der Waals surface area contributed by atoms with Crippen molar-refractivity contribution in [1.29, 1.82) is 0 Å². The number of hydrogen-bond donors (Lipinski definition) is 2. The second kappa shape index (κ2) is 8.41. The van der Waals surface area contributed by atoms with E-state index in [0.717, 1.165) is 0 Å². The predicted molar refractivity (Wildman–Crippen MR) is 102 cm³/mol. The second-order valence-electron chi connectivity index (χ2n) is 8.46. The van der Waals surface area contributed by atoms with Crippen LogP contribution in [-0.4, -0.2) is 29.2 Å². The highest BCUT2D eigenvalue weighted by Gasteiger charge is 2.28. The number of aliphatic hydroxyl groups is 1. The predicted octanol–water partition coefficient (Wildman–Crippen LogP) is 3.53. The van der Waals surface area contributed by atoms with E-state index in [1.165, 1.54) is 0 Å². The molecule has 5 nitrogen and oxygen atoms in total. The van der Waals surface area contributed by atoms with E-state index in [4.69, 9.17) is 0 Å². The highest BCUT2D eigenvalue weighted by molar-refractivity contribution is 6.02. The highest BCUT2D eigenvalue weighted by atomic mass is 16.3. The lowest BCUT2D eigenvalue weighted by atomic mass is 9.85. The van der Waals surface area contributed by atoms with Gasteiger partial charge in [0.05, 0.1) is 11.7 Å². The molecular weight excluding hydrogens is 330 g/mol. The Balaban J connectivity index is 3.15. The average molecular weight is 359 g/mol. The molecule has 1 aromatic rings. The van der Waals surface area contributed by atoms with Crippen molar-refractivity contribution in [3.05, 3.63) is 47.2 Å². The van der Waals surface area contributed by atoms with E-state index in [9.17, 15) is 19.5 Å². The maximum atomic E-state index is 12.6. The first kappa shape index (κ1) is 21.8. The number of rotatable bonds is 6. The van der Waals surface area contributed by atoms with E-state index < -0.39 is 22.8 Å². The number of benzene rings is 1. The normalized spacial score (nSPS) is 13.9. The maximum absolute atomic E-state index is 12.6. The Bertz CT molecular complexity index is 705. The van der Waals surface area contributed by atoms with Gasteiger partial charge in [-0.2, -0.15) is 0 Å². The van der Waals surface area contributed by atoms with E-state index >= 15 is 0 Å². The smallest absolute Gasteiger partial charge is 0.256 e. The average Bonchev–Trinajstić information content (AvgIpc) is 2.55. The Morgan fingerprint density at radius 2 is 1.69 bits per heavy atom. The monoisotopic (exact) mass is 359 g/mol. The quantitative estimate of drug-likeness (QED) is 0.761. The first-order valence-electron chi connectivity index (χ1n) is 8.65. The number of hydrogen-bond acceptors (Lipinski definition) is 4. The Morgan fingerprint density at radius 3 is 2.19 bits per heavy atom. The van der Waals surface area contributed by atoms with Crippen LogP contribution in [0.15, 0.2) is 36.0 Å². The molecule has 1 aromatic carbocycles. The molecule has 0 saturated heterocycles. The summed E-state index contributed by atoms with van der Waals surface area (Å²) in [5.41, 5.74) is -0.297. The molecule has 0 bridgehead atoms. The van der Waals surface area contributed by atoms with Crippen molar-refractivity contribution in [1.82, 2.24) is 5.32 Å². The zero-order valence-corrected chi connectivity index (χ0v) is 16.4. The van der Waals surface area contributed by atoms with Gasteiger partial charge in [0.25, 0.3) is 5.91 Å². The van der Waals surface area contributed by atoms with Crippen LogP contribution in [0.2, 0.25) is 0 Å². The standard InChI is InChI=1S/C21H29NO4/c1-20(2,3)17(24)12-11-16(18(25)21(4,5)6)22-19(26)15-10-8-7-9-14(15)13-23/h7-11,13,18,25H,12H2,1-6H3,(H,22,26)/t18-/m1/s1. The van der Waals surface area contributed by atoms with Gasteiger partial charge in [0.2, 0.25) is 0 Å². The molecule has 1 amide bonds. The summed E-state index contributed by atoms with van der Waals surface area (Å²) in [6.45, 7) is 11.0. The Morgan fingerprint density at radius 1 is 1.12 bits per heavy atom. The van der Waals surface area contributed by atoms with Crippen molar-refractivity contribution in [2.45, 2.75) is 54.1 Å². The molecule has 0 aliphatic carbocycles. The van der Waals surface area contributed by atoms with Gasteiger partial charge in [0, 0.05) is 23.1 Å². The zero-order valence-electron chi connectivity index (χ0n) is 16.4. The Hall–Kier alpha value is -2.27. The summed E-state index contributed by atoms with van der Waals surface area (Å²) in [5.74, 6) is -0.496. The molecule has 5 heteroatoms. The molecule has 0 unspecified atom stereocenters. The number of carbonyl (C=O) groups is 3. The maximum Gasteiger partial charge on any atom is 0.256 e. The SMILES string of the molecule is CC(C)(C)C(=O)CC=C(NC(=O)c1ccccc1C=O)[C@@H](O)C(C)(C)C. The van der Waals surface area contributed by atoms with Crippen LogP contribution in [0.25, 0.3) is 0 Å². The van der Waals surface area contributed by atoms with Crippen LogP contribution in [0.3, 0.4) is 0 Å². The third-order valence-corrected chi connectivity index (χ3v) is 4.05. The van der Waals surface area contributed by atoms with Crippen molar-refractivity contribution in [3.63, 3.8) is 0 Å². The van der Waals surface area contributed by atoms with Crippen molar-refractivity contribution in [3.8, 4) is 0 Å². The van der Waals surface area contributed by atoms with Crippen molar-refractivity contribution in [2.75, 3.05) is 0 Å². The van der Waals surface area contributed by atoms with Crippen LogP contribution < -0.4 is 5.32 Å². The molecule has 1 rings (SSSR count). The zero-order chi connectivity index (χ0) is 20.1. The summed E-state index contributed by atoms with van der Waals surface area (Å²) >= 11 is 0. The van der Waals surface area contributed by atoms with Gasteiger partial charge < -0.3 is 10.4 Å². The van der Waals surface area contributed by atoms with Crippen molar-refractivity contribution >= 4 is 18.0 Å². The summed E-state index contributed by atoms with van der Waals surface area (Å²) in [4.78, 5) is 36.0. The van der Waals surface area contributed by atoms with Crippen LogP contribution in [0.4, 0.5) is 0 Å². The van der Waals surface area contributed by atoms with Crippen LogP contribution in [0, 0.1) is 10.8 Å². The minimum Gasteiger partial charge on any atom is -0.386 e. The van der Waals surface area contributed by atoms with Crippen LogP contribution in [0.1, 0.15) is 68.7 Å². The number of Topliss-reactive ketones (excluding diaryl/α,β-unsaturated/α-hetero) is 1. The fraction of sp³-hybridized carbons (Fsp3) is 0.476. The molecule has 0 saturated carbocycles. The minimum atomic E-state index is -0.970. The van der Waals surface area contributed by atoms with Gasteiger partial charge in [-0.15, -0.1) is 0 Å². The first-order chi connectivity index (χ1) is 11.9. The summed E-state index contributed by atoms with van der Waals surface area (Å²) in [7, 11) is 0. The fourth-order valence-electron chi connectivity index (χ4n) is 2.21. The van der Waals surface area contributed by atoms with Gasteiger partial charge in [0.15, 0.2) is 6.29 Å². The van der Waals surface area contributed by atoms with E-state index in [-0.39, 0.29) is 29.0 Å². The number of amides is 1. The molecule has 0 spiro atoms. The van der Waals surface area contributed by atoms with Gasteiger partial charge >= 0.3 is 0 Å². The van der Waals surface area contributed by atoms with Crippen molar-refractivity contribution in [2.24, 2.45) is 10.8 Å². The Kier molecular flexibility index (Phi) is 7.04. The summed E-state index contributed by atoms with van der Waals surface area (Å²) < 4.78 is 0. The van der Waals surface area contributed by atoms with Gasteiger partial charge in [-0.25, -0.2) is 0 Å². The molecule has 0 aromatic heterocycles. The van der Waals surface area contributed by atoms with E-state index in [0.29, 0.717) is 6.29 Å². The molecule has 0 heterocycles. The number of aliphatic hydroxyl groups excluding tert-OH is 1. The molecular formula is C21H29NO4. The molecule has 0 fully saturated rings. The molecule has 26 heavy (non-hydrogen) atoms. The summed E-state index contributed by atoms with van der Waals surface area (Å²) in [5, 5.41) is 13.3. The highest BCUT2D eigenvalue weighted by Crippen LogP contribution is 2.25. The van der Waals surface area contributed by atoms with E-state index in [2.05, 4.69) is 5.32 Å². The second-order valence-corrected chi connectivity index (χ2v) is 8.46. The molecule has 142 valence electrons. The lowest BCUT2D eigenvalue weighted by Gasteiger charge is -2.29. The van der Waals surface area contributed by atoms with Crippen molar-refractivity contribution < 1.29 is 19.5 Å². The lowest BCUT2D eigenvalue weighted by molar-refractivity contribution is -0.125. The third kappa shape index (κ3) is 5.92. The molecule has 0 radical (unpaired) electrons. The van der Waals surface area contributed by atoms with E-state index in [1.54, 1.807) is 30.3 Å². The number of aldehydes is 1. The largest absolute Gasteiger partial charge is 0.386 e. The minimum absolute atomic E-state index is 0.00125. The van der Waals surface area contributed by atoms with Gasteiger partial charge in [-0.05, 0) is 11.5 Å². The Labute approximate surface area is 155 Å². The molecule has 0 aliphatic rings. The van der Waals surface area contributed by atoms with Gasteiger partial charge in [-0.3, -0.25) is 14.4 Å². The summed E-state index contributed by atoms with van der Waals surface area (Å²) in [6.07, 6.45) is 1.30. The topological polar surface area (TPSA) is 83.5 Å². The molecule has 0 aliphatic heterocycles.